The Hall–Kier alpha value is -0.610. The lowest BCUT2D eigenvalue weighted by atomic mass is 9.99. The van der Waals surface area contributed by atoms with Crippen molar-refractivity contribution >= 4 is 5.91 Å². The number of amides is 1. The number of carbonyl (C=O) groups is 1. The molecular formula is C16H30N2O2. The Morgan fingerprint density at radius 1 is 1.40 bits per heavy atom. The van der Waals surface area contributed by atoms with Crippen molar-refractivity contribution in [2.75, 3.05) is 13.2 Å². The highest BCUT2D eigenvalue weighted by Crippen LogP contribution is 2.23. The second-order valence-corrected chi connectivity index (χ2v) is 6.29. The molecule has 0 spiro atoms. The Kier molecular flexibility index (Phi) is 5.85. The number of carbonyl (C=O) groups excluding carboxylic acids is 1. The van der Waals surface area contributed by atoms with Crippen LogP contribution < -0.4 is 5.32 Å². The summed E-state index contributed by atoms with van der Waals surface area (Å²) in [7, 11) is 0. The fraction of sp³-hybridized carbons (Fsp3) is 0.938. The van der Waals surface area contributed by atoms with Crippen molar-refractivity contribution in [2.45, 2.75) is 77.6 Å². The minimum Gasteiger partial charge on any atom is -0.378 e. The first-order valence-corrected chi connectivity index (χ1v) is 8.35. The number of rotatable bonds is 7. The molecule has 2 rings (SSSR count). The monoisotopic (exact) mass is 282 g/mol. The molecule has 0 aromatic carbocycles. The minimum absolute atomic E-state index is 0.0149. The van der Waals surface area contributed by atoms with Crippen molar-refractivity contribution in [3.05, 3.63) is 0 Å². The van der Waals surface area contributed by atoms with Gasteiger partial charge < -0.3 is 9.64 Å². The maximum absolute atomic E-state index is 12.6. The van der Waals surface area contributed by atoms with Crippen molar-refractivity contribution in [3.63, 3.8) is 0 Å². The van der Waals surface area contributed by atoms with Crippen LogP contribution in [0.4, 0.5) is 0 Å². The predicted molar refractivity (Wildman–Crippen MR) is 80.4 cm³/mol. The molecule has 0 saturated carbocycles. The topological polar surface area (TPSA) is 41.6 Å². The zero-order valence-corrected chi connectivity index (χ0v) is 13.2. The summed E-state index contributed by atoms with van der Waals surface area (Å²) in [6, 6.07) is 0.0149. The molecule has 0 aromatic heterocycles. The number of hydrogen-bond acceptors (Lipinski definition) is 3. The third kappa shape index (κ3) is 3.53. The third-order valence-corrected chi connectivity index (χ3v) is 4.79. The zero-order valence-electron chi connectivity index (χ0n) is 13.2. The lowest BCUT2D eigenvalue weighted by molar-refractivity contribution is -0.131. The fourth-order valence-electron chi connectivity index (χ4n) is 3.28. The summed E-state index contributed by atoms with van der Waals surface area (Å²) >= 11 is 0. The molecule has 1 N–H and O–H groups in total. The minimum atomic E-state index is 0.0149. The quantitative estimate of drug-likeness (QED) is 0.780. The van der Waals surface area contributed by atoms with Crippen LogP contribution >= 0.6 is 0 Å². The van der Waals surface area contributed by atoms with Crippen molar-refractivity contribution in [2.24, 2.45) is 5.92 Å². The third-order valence-electron chi connectivity index (χ3n) is 4.79. The van der Waals surface area contributed by atoms with Gasteiger partial charge in [0.05, 0.1) is 18.3 Å². The Balaban J connectivity index is 1.93. The van der Waals surface area contributed by atoms with E-state index in [1.54, 1.807) is 0 Å². The van der Waals surface area contributed by atoms with Crippen molar-refractivity contribution in [3.8, 4) is 0 Å². The second kappa shape index (κ2) is 7.41. The molecule has 2 heterocycles. The molecule has 4 nitrogen and oxygen atoms in total. The second-order valence-electron chi connectivity index (χ2n) is 6.29. The van der Waals surface area contributed by atoms with E-state index in [0.717, 1.165) is 45.3 Å². The van der Waals surface area contributed by atoms with Gasteiger partial charge in [-0.15, -0.1) is 0 Å². The molecule has 4 unspecified atom stereocenters. The molecule has 20 heavy (non-hydrogen) atoms. The first kappa shape index (κ1) is 15.8. The Labute approximate surface area is 123 Å². The van der Waals surface area contributed by atoms with Crippen LogP contribution in [-0.4, -0.2) is 42.3 Å². The molecule has 0 bridgehead atoms. The van der Waals surface area contributed by atoms with E-state index in [9.17, 15) is 4.79 Å². The van der Waals surface area contributed by atoms with E-state index >= 15 is 0 Å². The molecule has 2 fully saturated rings. The van der Waals surface area contributed by atoms with Crippen molar-refractivity contribution < 1.29 is 9.53 Å². The van der Waals surface area contributed by atoms with E-state index in [1.807, 2.05) is 0 Å². The maximum atomic E-state index is 12.6. The van der Waals surface area contributed by atoms with Crippen LogP contribution in [0.5, 0.6) is 0 Å². The zero-order chi connectivity index (χ0) is 14.5. The molecule has 1 amide bonds. The summed E-state index contributed by atoms with van der Waals surface area (Å²) in [4.78, 5) is 14.7. The van der Waals surface area contributed by atoms with Gasteiger partial charge >= 0.3 is 0 Å². The van der Waals surface area contributed by atoms with Crippen LogP contribution in [-0.2, 0) is 9.53 Å². The number of nitrogens with zero attached hydrogens (tertiary/aromatic N) is 1. The van der Waals surface area contributed by atoms with Gasteiger partial charge in [0, 0.05) is 13.2 Å². The highest BCUT2D eigenvalue weighted by atomic mass is 16.5. The molecule has 2 aliphatic rings. The molecule has 0 aliphatic carbocycles. The normalized spacial score (nSPS) is 32.0. The van der Waals surface area contributed by atoms with E-state index in [2.05, 4.69) is 31.0 Å². The first-order chi connectivity index (χ1) is 9.67. The van der Waals surface area contributed by atoms with Gasteiger partial charge in [-0.1, -0.05) is 33.6 Å². The molecule has 2 aliphatic heterocycles. The molecule has 2 saturated heterocycles. The maximum Gasteiger partial charge on any atom is 0.241 e. The lowest BCUT2D eigenvalue weighted by Gasteiger charge is -2.25. The van der Waals surface area contributed by atoms with E-state index in [0.29, 0.717) is 17.9 Å². The highest BCUT2D eigenvalue weighted by molar-refractivity contribution is 5.84. The summed E-state index contributed by atoms with van der Waals surface area (Å²) in [5, 5.41) is 3.55. The van der Waals surface area contributed by atoms with E-state index in [4.69, 9.17) is 4.74 Å². The fourth-order valence-corrected chi connectivity index (χ4v) is 3.28. The Bertz CT molecular complexity index is 316. The summed E-state index contributed by atoms with van der Waals surface area (Å²) < 4.78 is 5.68. The first-order valence-electron chi connectivity index (χ1n) is 8.35. The molecule has 0 aromatic rings. The van der Waals surface area contributed by atoms with Crippen LogP contribution in [0, 0.1) is 5.92 Å². The van der Waals surface area contributed by atoms with E-state index in [1.165, 1.54) is 6.42 Å². The SMILES string of the molecule is CCCC1NC(C(C)CC)C(=O)N1CCC1CCCO1. The van der Waals surface area contributed by atoms with Crippen LogP contribution in [0.3, 0.4) is 0 Å². The Morgan fingerprint density at radius 3 is 2.80 bits per heavy atom. The van der Waals surface area contributed by atoms with Crippen molar-refractivity contribution in [1.29, 1.82) is 0 Å². The van der Waals surface area contributed by atoms with Gasteiger partial charge in [0.2, 0.25) is 5.91 Å². The van der Waals surface area contributed by atoms with Crippen LogP contribution in [0.25, 0.3) is 0 Å². The van der Waals surface area contributed by atoms with E-state index < -0.39 is 0 Å². The largest absolute Gasteiger partial charge is 0.378 e. The summed E-state index contributed by atoms with van der Waals surface area (Å²) in [5.41, 5.74) is 0. The van der Waals surface area contributed by atoms with Crippen LogP contribution in [0.15, 0.2) is 0 Å². The highest BCUT2D eigenvalue weighted by Gasteiger charge is 2.40. The average molecular weight is 282 g/mol. The summed E-state index contributed by atoms with van der Waals surface area (Å²) in [6.07, 6.45) is 7.11. The van der Waals surface area contributed by atoms with Crippen LogP contribution in [0.1, 0.15) is 59.3 Å². The van der Waals surface area contributed by atoms with E-state index in [-0.39, 0.29) is 12.2 Å². The van der Waals surface area contributed by atoms with Gasteiger partial charge in [-0.2, -0.15) is 0 Å². The van der Waals surface area contributed by atoms with Gasteiger partial charge in [-0.05, 0) is 31.6 Å². The molecule has 116 valence electrons. The number of hydrogen-bond donors (Lipinski definition) is 1. The Morgan fingerprint density at radius 2 is 2.20 bits per heavy atom. The summed E-state index contributed by atoms with van der Waals surface area (Å²) in [6.45, 7) is 8.24. The van der Waals surface area contributed by atoms with Gasteiger partial charge in [0.15, 0.2) is 0 Å². The van der Waals surface area contributed by atoms with Crippen molar-refractivity contribution in [1.82, 2.24) is 10.2 Å². The van der Waals surface area contributed by atoms with Crippen LogP contribution in [0.2, 0.25) is 0 Å². The molecular weight excluding hydrogens is 252 g/mol. The summed E-state index contributed by atoms with van der Waals surface area (Å²) in [5.74, 6) is 0.713. The molecule has 4 atom stereocenters. The standard InChI is InChI=1S/C16H30N2O2/c1-4-7-14-17-15(12(3)5-2)16(19)18(14)10-9-13-8-6-11-20-13/h12-15,17H,4-11H2,1-3H3. The molecule has 0 radical (unpaired) electrons. The smallest absolute Gasteiger partial charge is 0.241 e. The lowest BCUT2D eigenvalue weighted by Crippen LogP contribution is -2.38. The average Bonchev–Trinajstić information content (AvgIpc) is 3.05. The number of nitrogens with one attached hydrogen (secondary N) is 1. The molecule has 4 heteroatoms. The van der Waals surface area contributed by atoms with Gasteiger partial charge in [-0.3, -0.25) is 10.1 Å². The number of ether oxygens (including phenoxy) is 1. The predicted octanol–water partition coefficient (Wildman–Crippen LogP) is 2.53. The van der Waals surface area contributed by atoms with Gasteiger partial charge in [0.1, 0.15) is 0 Å². The van der Waals surface area contributed by atoms with Gasteiger partial charge in [-0.25, -0.2) is 0 Å². The van der Waals surface area contributed by atoms with Gasteiger partial charge in [0.25, 0.3) is 0 Å².